The summed E-state index contributed by atoms with van der Waals surface area (Å²) in [5, 5.41) is 12.6. The molecule has 0 aliphatic carbocycles. The van der Waals surface area contributed by atoms with E-state index in [2.05, 4.69) is 15.3 Å². The topological polar surface area (TPSA) is 105 Å². The van der Waals surface area contributed by atoms with E-state index in [0.717, 1.165) is 0 Å². The molecule has 2 heterocycles. The molecular weight excluding hydrogens is 372 g/mol. The summed E-state index contributed by atoms with van der Waals surface area (Å²) in [6, 6.07) is 6.54. The van der Waals surface area contributed by atoms with Crippen molar-refractivity contribution >= 4 is 40.9 Å². The summed E-state index contributed by atoms with van der Waals surface area (Å²) in [4.78, 5) is 33.3. The highest BCUT2D eigenvalue weighted by atomic mass is 35.5. The molecule has 0 atom stereocenters. The average molecular weight is 391 g/mol. The molecule has 0 saturated carbocycles. The van der Waals surface area contributed by atoms with Crippen molar-refractivity contribution in [1.29, 1.82) is 0 Å². The van der Waals surface area contributed by atoms with Crippen LogP contribution in [0.15, 0.2) is 30.6 Å². The van der Waals surface area contributed by atoms with Crippen LogP contribution in [0.5, 0.6) is 0 Å². The fourth-order valence-electron chi connectivity index (χ4n) is 2.95. The molecule has 0 bridgehead atoms. The second-order valence-electron chi connectivity index (χ2n) is 6.17. The maximum absolute atomic E-state index is 11.7. The molecule has 9 heteroatoms. The third-order valence-corrected chi connectivity index (χ3v) is 4.80. The van der Waals surface area contributed by atoms with Crippen LogP contribution in [0.1, 0.15) is 23.2 Å². The van der Waals surface area contributed by atoms with Gasteiger partial charge in [0.15, 0.2) is 0 Å². The number of nitrogens with one attached hydrogen (secondary N) is 1. The van der Waals surface area contributed by atoms with Crippen molar-refractivity contribution in [1.82, 2.24) is 9.97 Å². The molecule has 0 unspecified atom stereocenters. The Hall–Kier alpha value is -2.87. The first kappa shape index (κ1) is 18.9. The number of rotatable bonds is 5. The third-order valence-electron chi connectivity index (χ3n) is 4.47. The molecule has 0 radical (unpaired) electrons. The van der Waals surface area contributed by atoms with E-state index >= 15 is 0 Å². The fraction of sp³-hybridized carbons (Fsp3) is 0.333. The molecule has 1 aromatic heterocycles. The molecule has 1 aliphatic heterocycles. The van der Waals surface area contributed by atoms with Crippen LogP contribution in [-0.2, 0) is 9.53 Å². The van der Waals surface area contributed by atoms with E-state index in [9.17, 15) is 9.59 Å². The summed E-state index contributed by atoms with van der Waals surface area (Å²) < 4.78 is 4.72. The van der Waals surface area contributed by atoms with Crippen molar-refractivity contribution in [3.05, 3.63) is 41.2 Å². The van der Waals surface area contributed by atoms with Crippen molar-refractivity contribution in [2.45, 2.75) is 12.8 Å². The molecule has 2 N–H and O–H groups in total. The van der Waals surface area contributed by atoms with Crippen LogP contribution >= 0.6 is 11.6 Å². The second kappa shape index (κ2) is 8.22. The lowest BCUT2D eigenvalue weighted by atomic mass is 9.97. The van der Waals surface area contributed by atoms with E-state index in [1.54, 1.807) is 24.3 Å². The van der Waals surface area contributed by atoms with Crippen molar-refractivity contribution < 1.29 is 19.4 Å². The Balaban J connectivity index is 1.75. The molecule has 1 aliphatic rings. The van der Waals surface area contributed by atoms with Gasteiger partial charge in [0.1, 0.15) is 18.0 Å². The number of aliphatic carboxylic acids is 1. The molecule has 8 nitrogen and oxygen atoms in total. The number of benzene rings is 1. The van der Waals surface area contributed by atoms with Crippen LogP contribution < -0.4 is 10.2 Å². The minimum absolute atomic E-state index is 0.305. The molecule has 27 heavy (non-hydrogen) atoms. The number of carboxylic acid groups (broad SMARTS) is 1. The highest BCUT2D eigenvalue weighted by Gasteiger charge is 2.25. The van der Waals surface area contributed by atoms with E-state index in [0.29, 0.717) is 53.8 Å². The normalized spacial score (nSPS) is 14.7. The Morgan fingerprint density at radius 2 is 2.00 bits per heavy atom. The van der Waals surface area contributed by atoms with Crippen LogP contribution in [0.2, 0.25) is 5.02 Å². The Morgan fingerprint density at radius 3 is 2.67 bits per heavy atom. The number of hydrogen-bond acceptors (Lipinski definition) is 7. The van der Waals surface area contributed by atoms with Gasteiger partial charge in [0, 0.05) is 19.2 Å². The van der Waals surface area contributed by atoms with E-state index in [1.807, 2.05) is 4.90 Å². The van der Waals surface area contributed by atoms with Gasteiger partial charge in [-0.25, -0.2) is 14.8 Å². The van der Waals surface area contributed by atoms with Gasteiger partial charge >= 0.3 is 11.9 Å². The summed E-state index contributed by atoms with van der Waals surface area (Å²) in [6.45, 7) is 1.23. The first-order chi connectivity index (χ1) is 13.0. The number of halogens is 1. The van der Waals surface area contributed by atoms with Gasteiger partial charge in [0.05, 0.1) is 29.3 Å². The molecule has 2 aromatic rings. The number of methoxy groups -OCH3 is 1. The fourth-order valence-corrected chi connectivity index (χ4v) is 3.11. The van der Waals surface area contributed by atoms with Crippen molar-refractivity contribution in [2.75, 3.05) is 30.4 Å². The van der Waals surface area contributed by atoms with Crippen LogP contribution in [-0.4, -0.2) is 47.2 Å². The summed E-state index contributed by atoms with van der Waals surface area (Å²) in [5.41, 5.74) is 0.892. The van der Waals surface area contributed by atoms with Crippen LogP contribution in [0.4, 0.5) is 17.3 Å². The van der Waals surface area contributed by atoms with Gasteiger partial charge in [0.2, 0.25) is 0 Å². The molecule has 0 spiro atoms. The first-order valence-corrected chi connectivity index (χ1v) is 8.80. The standard InChI is InChI=1S/C18H19ClN4O4/c1-27-18(26)12-2-3-13(19)14(8-12)22-15-9-16(21-10-20-15)23-6-4-11(5-7-23)17(24)25/h2-3,8-11H,4-7H2,1H3,(H,24,25)(H,20,21,22). The number of carbonyl (C=O) groups is 2. The van der Waals surface area contributed by atoms with Gasteiger partial charge in [-0.3, -0.25) is 4.79 Å². The summed E-state index contributed by atoms with van der Waals surface area (Å²) >= 11 is 6.20. The van der Waals surface area contributed by atoms with Gasteiger partial charge in [-0.1, -0.05) is 11.6 Å². The smallest absolute Gasteiger partial charge is 0.337 e. The van der Waals surface area contributed by atoms with Gasteiger partial charge in [-0.05, 0) is 31.0 Å². The predicted octanol–water partition coefficient (Wildman–Crippen LogP) is 2.96. The Bertz CT molecular complexity index is 853. The lowest BCUT2D eigenvalue weighted by Crippen LogP contribution is -2.36. The monoisotopic (exact) mass is 390 g/mol. The summed E-state index contributed by atoms with van der Waals surface area (Å²) in [6.07, 6.45) is 2.59. The summed E-state index contributed by atoms with van der Waals surface area (Å²) in [5.74, 6) is -0.291. The van der Waals surface area contributed by atoms with Gasteiger partial charge < -0.3 is 20.1 Å². The van der Waals surface area contributed by atoms with Crippen molar-refractivity contribution in [3.63, 3.8) is 0 Å². The number of anilines is 3. The molecular formula is C18H19ClN4O4. The molecule has 1 aromatic carbocycles. The largest absolute Gasteiger partial charge is 0.481 e. The predicted molar refractivity (Wildman–Crippen MR) is 101 cm³/mol. The Morgan fingerprint density at radius 1 is 1.26 bits per heavy atom. The number of aromatic nitrogens is 2. The Labute approximate surface area is 161 Å². The zero-order valence-corrected chi connectivity index (χ0v) is 15.4. The van der Waals surface area contributed by atoms with Crippen LogP contribution in [0.25, 0.3) is 0 Å². The number of ether oxygens (including phenoxy) is 1. The highest BCUT2D eigenvalue weighted by Crippen LogP contribution is 2.28. The zero-order valence-electron chi connectivity index (χ0n) is 14.7. The second-order valence-corrected chi connectivity index (χ2v) is 6.58. The summed E-state index contributed by atoms with van der Waals surface area (Å²) in [7, 11) is 1.31. The number of piperidine rings is 1. The molecule has 1 saturated heterocycles. The van der Waals surface area contributed by atoms with Gasteiger partial charge in [0.25, 0.3) is 0 Å². The SMILES string of the molecule is COC(=O)c1ccc(Cl)c(Nc2cc(N3CCC(C(=O)O)CC3)ncn2)c1. The van der Waals surface area contributed by atoms with Crippen molar-refractivity contribution in [3.8, 4) is 0 Å². The highest BCUT2D eigenvalue weighted by molar-refractivity contribution is 6.33. The number of nitrogens with zero attached hydrogens (tertiary/aromatic N) is 3. The molecule has 1 fully saturated rings. The van der Waals surface area contributed by atoms with E-state index in [4.69, 9.17) is 21.4 Å². The van der Waals surface area contributed by atoms with Crippen LogP contribution in [0, 0.1) is 5.92 Å². The molecule has 3 rings (SSSR count). The lowest BCUT2D eigenvalue weighted by Gasteiger charge is -2.31. The molecule has 142 valence electrons. The maximum Gasteiger partial charge on any atom is 0.337 e. The number of carbonyl (C=O) groups excluding carboxylic acids is 1. The number of esters is 1. The lowest BCUT2D eigenvalue weighted by molar-refractivity contribution is -0.142. The minimum Gasteiger partial charge on any atom is -0.481 e. The zero-order chi connectivity index (χ0) is 19.4. The molecule has 0 amide bonds. The minimum atomic E-state index is -0.750. The average Bonchev–Trinajstić information content (AvgIpc) is 2.69. The van der Waals surface area contributed by atoms with Crippen LogP contribution in [0.3, 0.4) is 0 Å². The first-order valence-electron chi connectivity index (χ1n) is 8.42. The van der Waals surface area contributed by atoms with E-state index in [-0.39, 0.29) is 5.92 Å². The quantitative estimate of drug-likeness (QED) is 0.751. The van der Waals surface area contributed by atoms with Gasteiger partial charge in [-0.15, -0.1) is 0 Å². The number of hydrogen-bond donors (Lipinski definition) is 2. The van der Waals surface area contributed by atoms with E-state index < -0.39 is 11.9 Å². The van der Waals surface area contributed by atoms with Crippen molar-refractivity contribution in [2.24, 2.45) is 5.92 Å². The maximum atomic E-state index is 11.7. The third kappa shape index (κ3) is 4.46. The Kier molecular flexibility index (Phi) is 5.75. The number of carboxylic acids is 1. The van der Waals surface area contributed by atoms with E-state index in [1.165, 1.54) is 13.4 Å². The van der Waals surface area contributed by atoms with Gasteiger partial charge in [-0.2, -0.15) is 0 Å².